The van der Waals surface area contributed by atoms with Gasteiger partial charge in [-0.25, -0.2) is 0 Å². The minimum atomic E-state index is -0.190. The van der Waals surface area contributed by atoms with E-state index >= 15 is 0 Å². The van der Waals surface area contributed by atoms with Gasteiger partial charge in [0.05, 0.1) is 0 Å². The van der Waals surface area contributed by atoms with Crippen molar-refractivity contribution in [2.75, 3.05) is 19.8 Å². The van der Waals surface area contributed by atoms with Gasteiger partial charge in [-0.2, -0.15) is 0 Å². The van der Waals surface area contributed by atoms with Crippen LogP contribution in [0.1, 0.15) is 38.7 Å². The van der Waals surface area contributed by atoms with E-state index in [1.165, 1.54) is 12.1 Å². The van der Waals surface area contributed by atoms with Crippen LogP contribution in [-0.4, -0.2) is 35.9 Å². The predicted octanol–water partition coefficient (Wildman–Crippen LogP) is 2.60. The third kappa shape index (κ3) is 6.80. The van der Waals surface area contributed by atoms with Crippen molar-refractivity contribution in [3.63, 3.8) is 0 Å². The molecule has 1 aromatic carbocycles. The van der Waals surface area contributed by atoms with Gasteiger partial charge in [0.1, 0.15) is 0 Å². The van der Waals surface area contributed by atoms with E-state index in [1.54, 1.807) is 6.07 Å². The number of carbonyl (C=O) groups is 1. The van der Waals surface area contributed by atoms with Crippen molar-refractivity contribution in [3.8, 4) is 11.5 Å². The minimum Gasteiger partial charge on any atom is -0.504 e. The Labute approximate surface area is 132 Å². The predicted molar refractivity (Wildman–Crippen MR) is 86.0 cm³/mol. The van der Waals surface area contributed by atoms with Gasteiger partial charge in [0.15, 0.2) is 11.5 Å². The number of nitrogens with one attached hydrogen (secondary N) is 1. The summed E-state index contributed by atoms with van der Waals surface area (Å²) < 4.78 is 5.43. The van der Waals surface area contributed by atoms with Crippen LogP contribution < -0.4 is 5.32 Å². The highest BCUT2D eigenvalue weighted by Crippen LogP contribution is 2.25. The molecule has 0 aliphatic heterocycles. The molecule has 0 aliphatic rings. The van der Waals surface area contributed by atoms with Crippen LogP contribution in [0.15, 0.2) is 18.2 Å². The number of hydrogen-bond donors (Lipinski definition) is 3. The van der Waals surface area contributed by atoms with Gasteiger partial charge in [0.25, 0.3) is 0 Å². The van der Waals surface area contributed by atoms with Crippen molar-refractivity contribution in [1.82, 2.24) is 5.32 Å². The molecule has 0 spiro atoms. The summed E-state index contributed by atoms with van der Waals surface area (Å²) in [6.45, 7) is 6.03. The van der Waals surface area contributed by atoms with Gasteiger partial charge >= 0.3 is 0 Å². The highest BCUT2D eigenvalue weighted by atomic mass is 16.5. The smallest absolute Gasteiger partial charge is 0.223 e. The molecule has 0 saturated heterocycles. The zero-order valence-corrected chi connectivity index (χ0v) is 13.5. The Morgan fingerprint density at radius 2 is 1.95 bits per heavy atom. The van der Waals surface area contributed by atoms with Crippen LogP contribution in [0.25, 0.3) is 0 Å². The Kier molecular flexibility index (Phi) is 8.36. The van der Waals surface area contributed by atoms with Crippen LogP contribution in [0.4, 0.5) is 0 Å². The Morgan fingerprint density at radius 3 is 2.64 bits per heavy atom. The van der Waals surface area contributed by atoms with Crippen LogP contribution in [0.2, 0.25) is 0 Å². The average molecular weight is 309 g/mol. The summed E-state index contributed by atoms with van der Waals surface area (Å²) >= 11 is 0. The molecule has 124 valence electrons. The van der Waals surface area contributed by atoms with Gasteiger partial charge in [-0.1, -0.05) is 26.3 Å². The van der Waals surface area contributed by atoms with Crippen molar-refractivity contribution in [2.45, 2.75) is 39.5 Å². The molecule has 5 nitrogen and oxygen atoms in total. The van der Waals surface area contributed by atoms with Crippen molar-refractivity contribution in [3.05, 3.63) is 23.8 Å². The van der Waals surface area contributed by atoms with Gasteiger partial charge < -0.3 is 20.3 Å². The second-order valence-corrected chi connectivity index (χ2v) is 5.54. The molecule has 5 heteroatoms. The average Bonchev–Trinajstić information content (AvgIpc) is 2.49. The molecule has 0 bridgehead atoms. The maximum Gasteiger partial charge on any atom is 0.223 e. The largest absolute Gasteiger partial charge is 0.504 e. The van der Waals surface area contributed by atoms with E-state index in [1.807, 2.05) is 6.92 Å². The maximum absolute atomic E-state index is 12.0. The fourth-order valence-electron chi connectivity index (χ4n) is 2.05. The molecule has 1 amide bonds. The molecule has 1 rings (SSSR count). The summed E-state index contributed by atoms with van der Waals surface area (Å²) in [5, 5.41) is 21.6. The summed E-state index contributed by atoms with van der Waals surface area (Å²) in [5.74, 6) is -0.510. The van der Waals surface area contributed by atoms with Crippen LogP contribution >= 0.6 is 0 Å². The summed E-state index contributed by atoms with van der Waals surface area (Å²) in [5.41, 5.74) is 0.820. The lowest BCUT2D eigenvalue weighted by Crippen LogP contribution is -2.31. The molecule has 0 saturated carbocycles. The van der Waals surface area contributed by atoms with Crippen LogP contribution in [0, 0.1) is 5.92 Å². The van der Waals surface area contributed by atoms with E-state index in [0.29, 0.717) is 19.6 Å². The topological polar surface area (TPSA) is 78.8 Å². The summed E-state index contributed by atoms with van der Waals surface area (Å²) in [6.07, 6.45) is 3.53. The maximum atomic E-state index is 12.0. The molecule has 0 heterocycles. The number of phenols is 2. The lowest BCUT2D eigenvalue weighted by atomic mass is 10.00. The van der Waals surface area contributed by atoms with Gasteiger partial charge in [0.2, 0.25) is 5.91 Å². The van der Waals surface area contributed by atoms with Crippen molar-refractivity contribution >= 4 is 5.91 Å². The van der Waals surface area contributed by atoms with E-state index in [-0.39, 0.29) is 23.3 Å². The fourth-order valence-corrected chi connectivity index (χ4v) is 2.05. The molecular weight excluding hydrogens is 282 g/mol. The second kappa shape index (κ2) is 10.1. The van der Waals surface area contributed by atoms with E-state index in [0.717, 1.165) is 31.4 Å². The molecule has 0 aliphatic carbocycles. The van der Waals surface area contributed by atoms with Crippen LogP contribution in [-0.2, 0) is 16.0 Å². The monoisotopic (exact) mass is 309 g/mol. The Morgan fingerprint density at radius 1 is 1.23 bits per heavy atom. The zero-order chi connectivity index (χ0) is 16.4. The van der Waals surface area contributed by atoms with Gasteiger partial charge in [-0.3, -0.25) is 4.79 Å². The standard InChI is InChI=1S/C17H27NO4/c1-3-4-9-22-10-5-8-18-17(21)13(2)11-14-6-7-15(19)16(20)12-14/h6-7,12-13,19-20H,3-5,8-11H2,1-2H3,(H,18,21). The Bertz CT molecular complexity index is 462. The van der Waals surface area contributed by atoms with Crippen LogP contribution in [0.5, 0.6) is 11.5 Å². The number of phenolic OH excluding ortho intramolecular Hbond substituents is 2. The minimum absolute atomic E-state index is 0.0128. The van der Waals surface area contributed by atoms with E-state index in [9.17, 15) is 15.0 Å². The Hall–Kier alpha value is -1.75. The number of rotatable bonds is 10. The third-order valence-electron chi connectivity index (χ3n) is 3.44. The number of hydrogen-bond acceptors (Lipinski definition) is 4. The lowest BCUT2D eigenvalue weighted by molar-refractivity contribution is -0.124. The first-order chi connectivity index (χ1) is 10.5. The second-order valence-electron chi connectivity index (χ2n) is 5.54. The van der Waals surface area contributed by atoms with Gasteiger partial charge in [0, 0.05) is 25.7 Å². The number of benzene rings is 1. The number of carbonyl (C=O) groups excluding carboxylic acids is 1. The quantitative estimate of drug-likeness (QED) is 0.458. The van der Waals surface area contributed by atoms with Gasteiger partial charge in [-0.05, 0) is 37.0 Å². The van der Waals surface area contributed by atoms with Crippen molar-refractivity contribution in [1.29, 1.82) is 0 Å². The summed E-state index contributed by atoms with van der Waals surface area (Å²) in [7, 11) is 0. The van der Waals surface area contributed by atoms with E-state index in [4.69, 9.17) is 4.74 Å². The highest BCUT2D eigenvalue weighted by molar-refractivity contribution is 5.78. The molecule has 0 radical (unpaired) electrons. The molecular formula is C17H27NO4. The lowest BCUT2D eigenvalue weighted by Gasteiger charge is -2.13. The number of aromatic hydroxyl groups is 2. The molecule has 1 atom stereocenters. The van der Waals surface area contributed by atoms with Crippen molar-refractivity contribution in [2.24, 2.45) is 5.92 Å². The molecule has 0 fully saturated rings. The molecule has 3 N–H and O–H groups in total. The summed E-state index contributed by atoms with van der Waals surface area (Å²) in [4.78, 5) is 12.0. The molecule has 1 aromatic rings. The summed E-state index contributed by atoms with van der Waals surface area (Å²) in [6, 6.07) is 4.63. The normalized spacial score (nSPS) is 12.1. The highest BCUT2D eigenvalue weighted by Gasteiger charge is 2.13. The van der Waals surface area contributed by atoms with Crippen LogP contribution in [0.3, 0.4) is 0 Å². The van der Waals surface area contributed by atoms with E-state index < -0.39 is 0 Å². The molecule has 1 unspecified atom stereocenters. The van der Waals surface area contributed by atoms with Gasteiger partial charge in [-0.15, -0.1) is 0 Å². The molecule has 0 aromatic heterocycles. The van der Waals surface area contributed by atoms with E-state index in [2.05, 4.69) is 12.2 Å². The zero-order valence-electron chi connectivity index (χ0n) is 13.5. The van der Waals surface area contributed by atoms with Crippen molar-refractivity contribution < 1.29 is 19.7 Å². The first-order valence-corrected chi connectivity index (χ1v) is 7.91. The number of ether oxygens (including phenoxy) is 1. The molecule has 22 heavy (non-hydrogen) atoms. The fraction of sp³-hybridized carbons (Fsp3) is 0.588. The first-order valence-electron chi connectivity index (χ1n) is 7.91. The number of amides is 1. The first kappa shape index (κ1) is 18.3. The Balaban J connectivity index is 2.23. The number of unbranched alkanes of at least 4 members (excludes halogenated alkanes) is 1. The SMILES string of the molecule is CCCCOCCCNC(=O)C(C)Cc1ccc(O)c(O)c1. The third-order valence-corrected chi connectivity index (χ3v) is 3.44.